The third-order valence-electron chi connectivity index (χ3n) is 3.07. The molecule has 3 nitrogen and oxygen atoms in total. The van der Waals surface area contributed by atoms with Gasteiger partial charge in [-0.15, -0.1) is 33.4 Å². The highest BCUT2D eigenvalue weighted by Crippen LogP contribution is 2.54. The van der Waals surface area contributed by atoms with Crippen molar-refractivity contribution in [2.24, 2.45) is 5.92 Å². The molecule has 2 aromatic rings. The number of hydrogen-bond acceptors (Lipinski definition) is 4. The van der Waals surface area contributed by atoms with E-state index in [2.05, 4.69) is 10.2 Å². The number of aryl methyl sites for hydroxylation is 1. The summed E-state index contributed by atoms with van der Waals surface area (Å²) in [7, 11) is 0. The Balaban J connectivity index is 1.64. The first-order valence-electron chi connectivity index (χ1n) is 5.96. The van der Waals surface area contributed by atoms with E-state index in [0.717, 1.165) is 17.7 Å². The van der Waals surface area contributed by atoms with Crippen LogP contribution in [0.5, 0.6) is 0 Å². The van der Waals surface area contributed by atoms with Gasteiger partial charge in [0.25, 0.3) is 5.22 Å². The largest absolute Gasteiger partial charge is 0.411 e. The van der Waals surface area contributed by atoms with Crippen LogP contribution >= 0.6 is 35.0 Å². The maximum Gasteiger partial charge on any atom is 0.276 e. The van der Waals surface area contributed by atoms with Crippen molar-refractivity contribution < 1.29 is 4.42 Å². The highest BCUT2D eigenvalue weighted by Gasteiger charge is 2.51. The molecule has 6 heteroatoms. The lowest BCUT2D eigenvalue weighted by Crippen LogP contribution is -1.92. The molecule has 1 heterocycles. The number of hydrogen-bond donors (Lipinski definition) is 0. The van der Waals surface area contributed by atoms with Crippen LogP contribution in [-0.4, -0.2) is 20.3 Å². The maximum absolute atomic E-state index is 5.97. The lowest BCUT2D eigenvalue weighted by Gasteiger charge is -1.97. The number of nitrogens with zero attached hydrogens (tertiary/aromatic N) is 2. The van der Waals surface area contributed by atoms with Crippen LogP contribution in [0.1, 0.15) is 12.0 Å². The van der Waals surface area contributed by atoms with Gasteiger partial charge in [-0.2, -0.15) is 0 Å². The third kappa shape index (κ3) is 3.07. The minimum atomic E-state index is -0.549. The van der Waals surface area contributed by atoms with Crippen molar-refractivity contribution in [1.82, 2.24) is 10.2 Å². The van der Waals surface area contributed by atoms with Gasteiger partial charge in [0.05, 0.1) is 0 Å². The highest BCUT2D eigenvalue weighted by molar-refractivity contribution is 7.99. The average molecular weight is 315 g/mol. The van der Waals surface area contributed by atoms with E-state index in [0.29, 0.717) is 17.0 Å². The molecule has 1 aliphatic rings. The Morgan fingerprint density at radius 2 is 2.00 bits per heavy atom. The average Bonchev–Trinajstić information content (AvgIpc) is 2.79. The van der Waals surface area contributed by atoms with E-state index >= 15 is 0 Å². The molecule has 0 radical (unpaired) electrons. The zero-order chi connectivity index (χ0) is 13.5. The molecule has 1 saturated carbocycles. The first kappa shape index (κ1) is 13.3. The van der Waals surface area contributed by atoms with Gasteiger partial charge < -0.3 is 4.42 Å². The predicted molar refractivity (Wildman–Crippen MR) is 77.7 cm³/mol. The fourth-order valence-corrected chi connectivity index (χ4v) is 3.40. The Bertz CT molecular complexity index is 583. The lowest BCUT2D eigenvalue weighted by atomic mass is 10.1. The van der Waals surface area contributed by atoms with Crippen LogP contribution in [0, 0.1) is 12.8 Å². The van der Waals surface area contributed by atoms with Gasteiger partial charge in [0.15, 0.2) is 0 Å². The monoisotopic (exact) mass is 314 g/mol. The standard InChI is InChI=1S/C13H12Cl2N2OS/c1-8-2-4-9(5-3-8)11-16-17-12(18-11)19-7-10-6-13(10,14)15/h2-5,10H,6-7H2,1H3/t10-/m1/s1. The minimum absolute atomic E-state index is 0.315. The lowest BCUT2D eigenvalue weighted by molar-refractivity contribution is 0.465. The zero-order valence-corrected chi connectivity index (χ0v) is 12.6. The van der Waals surface area contributed by atoms with Gasteiger partial charge in [0.2, 0.25) is 5.89 Å². The van der Waals surface area contributed by atoms with E-state index in [9.17, 15) is 0 Å². The Morgan fingerprint density at radius 3 is 2.63 bits per heavy atom. The first-order chi connectivity index (χ1) is 9.04. The minimum Gasteiger partial charge on any atom is -0.411 e. The van der Waals surface area contributed by atoms with Crippen molar-refractivity contribution in [3.8, 4) is 11.5 Å². The predicted octanol–water partition coefficient (Wildman–Crippen LogP) is 4.33. The summed E-state index contributed by atoms with van der Waals surface area (Å²) in [5.74, 6) is 1.67. The van der Waals surface area contributed by atoms with Crippen LogP contribution in [0.2, 0.25) is 0 Å². The SMILES string of the molecule is Cc1ccc(-c2nnc(SC[C@H]3CC3(Cl)Cl)o2)cc1. The molecule has 0 N–H and O–H groups in total. The van der Waals surface area contributed by atoms with Crippen LogP contribution in [-0.2, 0) is 0 Å². The molecular weight excluding hydrogens is 303 g/mol. The second-order valence-electron chi connectivity index (χ2n) is 4.71. The van der Waals surface area contributed by atoms with E-state index in [1.807, 2.05) is 31.2 Å². The molecule has 1 aromatic heterocycles. The summed E-state index contributed by atoms with van der Waals surface area (Å²) in [5, 5.41) is 8.63. The van der Waals surface area contributed by atoms with E-state index in [4.69, 9.17) is 27.6 Å². The molecule has 0 aliphatic heterocycles. The number of aromatic nitrogens is 2. The Labute approximate surface area is 125 Å². The molecule has 0 saturated heterocycles. The van der Waals surface area contributed by atoms with E-state index in [1.165, 1.54) is 17.3 Å². The number of rotatable bonds is 4. The van der Waals surface area contributed by atoms with Crippen molar-refractivity contribution in [2.75, 3.05) is 5.75 Å². The van der Waals surface area contributed by atoms with Gasteiger partial charge in [-0.3, -0.25) is 0 Å². The van der Waals surface area contributed by atoms with Crippen molar-refractivity contribution in [2.45, 2.75) is 22.9 Å². The van der Waals surface area contributed by atoms with Gasteiger partial charge in [-0.25, -0.2) is 0 Å². The van der Waals surface area contributed by atoms with Crippen LogP contribution in [0.4, 0.5) is 0 Å². The molecule has 1 aromatic carbocycles. The smallest absolute Gasteiger partial charge is 0.276 e. The molecule has 1 fully saturated rings. The first-order valence-corrected chi connectivity index (χ1v) is 7.70. The fraction of sp³-hybridized carbons (Fsp3) is 0.385. The summed E-state index contributed by atoms with van der Waals surface area (Å²) in [6, 6.07) is 7.99. The van der Waals surface area contributed by atoms with E-state index in [-0.39, 0.29) is 0 Å². The molecule has 19 heavy (non-hydrogen) atoms. The van der Waals surface area contributed by atoms with E-state index in [1.54, 1.807) is 0 Å². The molecule has 0 bridgehead atoms. The second kappa shape index (κ2) is 5.00. The van der Waals surface area contributed by atoms with Crippen LogP contribution in [0.3, 0.4) is 0 Å². The summed E-state index contributed by atoms with van der Waals surface area (Å²) < 4.78 is 5.06. The van der Waals surface area contributed by atoms with Gasteiger partial charge in [-0.05, 0) is 25.5 Å². The Hall–Kier alpha value is -0.710. The summed E-state index contributed by atoms with van der Waals surface area (Å²) in [6.45, 7) is 2.04. The quantitative estimate of drug-likeness (QED) is 0.622. The highest BCUT2D eigenvalue weighted by atomic mass is 35.5. The molecule has 0 amide bonds. The van der Waals surface area contributed by atoms with Crippen LogP contribution in [0.15, 0.2) is 33.9 Å². The van der Waals surface area contributed by atoms with Crippen LogP contribution < -0.4 is 0 Å². The normalized spacial score (nSPS) is 20.5. The van der Waals surface area contributed by atoms with Crippen molar-refractivity contribution in [3.05, 3.63) is 29.8 Å². The topological polar surface area (TPSA) is 38.9 Å². The molecule has 1 atom stereocenters. The summed E-state index contributed by atoms with van der Waals surface area (Å²) >= 11 is 13.5. The summed E-state index contributed by atoms with van der Waals surface area (Å²) in [5.41, 5.74) is 2.13. The van der Waals surface area contributed by atoms with Gasteiger partial charge in [0, 0.05) is 17.2 Å². The van der Waals surface area contributed by atoms with Gasteiger partial charge in [-0.1, -0.05) is 29.5 Å². The summed E-state index contributed by atoms with van der Waals surface area (Å²) in [4.78, 5) is 0. The van der Waals surface area contributed by atoms with Gasteiger partial charge >= 0.3 is 0 Å². The molecular formula is C13H12Cl2N2OS. The molecule has 0 unspecified atom stereocenters. The number of benzene rings is 1. The van der Waals surface area contributed by atoms with Crippen molar-refractivity contribution in [1.29, 1.82) is 0 Å². The molecule has 0 spiro atoms. The van der Waals surface area contributed by atoms with Crippen molar-refractivity contribution >= 4 is 35.0 Å². The zero-order valence-electron chi connectivity index (χ0n) is 10.3. The fourth-order valence-electron chi connectivity index (χ4n) is 1.70. The number of halogens is 2. The molecule has 1 aliphatic carbocycles. The number of alkyl halides is 2. The van der Waals surface area contributed by atoms with E-state index < -0.39 is 4.33 Å². The molecule has 3 rings (SSSR count). The third-order valence-corrected chi connectivity index (χ3v) is 4.98. The van der Waals surface area contributed by atoms with Gasteiger partial charge in [0.1, 0.15) is 4.33 Å². The Morgan fingerprint density at radius 1 is 1.32 bits per heavy atom. The summed E-state index contributed by atoms with van der Waals surface area (Å²) in [6.07, 6.45) is 0.835. The molecule has 100 valence electrons. The Kier molecular flexibility index (Phi) is 3.50. The maximum atomic E-state index is 5.97. The second-order valence-corrected chi connectivity index (χ2v) is 7.23. The van der Waals surface area contributed by atoms with Crippen LogP contribution in [0.25, 0.3) is 11.5 Å². The number of thioether (sulfide) groups is 1. The van der Waals surface area contributed by atoms with Crippen molar-refractivity contribution in [3.63, 3.8) is 0 Å².